The molecule has 0 aromatic carbocycles. The SMILES string of the molecule is CCC1C(C(O)O)C2=C(N=CC(Cl)C2)N1C. The average Bonchev–Trinajstić information content (AvgIpc) is 2.50. The van der Waals surface area contributed by atoms with Crippen molar-refractivity contribution in [3.8, 4) is 0 Å². The van der Waals surface area contributed by atoms with Crippen molar-refractivity contribution in [2.45, 2.75) is 37.5 Å². The number of aliphatic hydroxyl groups is 2. The number of aliphatic imine (C=N–C) groups is 1. The van der Waals surface area contributed by atoms with Crippen LogP contribution in [0.25, 0.3) is 0 Å². The molecule has 2 aliphatic rings. The highest BCUT2D eigenvalue weighted by atomic mass is 35.5. The first-order chi connectivity index (χ1) is 7.56. The molecule has 3 unspecified atom stereocenters. The number of alkyl halides is 1. The molecule has 0 saturated carbocycles. The first-order valence-electron chi connectivity index (χ1n) is 5.56. The highest BCUT2D eigenvalue weighted by Crippen LogP contribution is 2.41. The molecule has 0 radical (unpaired) electrons. The van der Waals surface area contributed by atoms with Gasteiger partial charge in [0.25, 0.3) is 0 Å². The second kappa shape index (κ2) is 4.35. The van der Waals surface area contributed by atoms with Gasteiger partial charge < -0.3 is 15.1 Å². The summed E-state index contributed by atoms with van der Waals surface area (Å²) in [6.45, 7) is 2.04. The van der Waals surface area contributed by atoms with Crippen molar-refractivity contribution in [2.24, 2.45) is 10.9 Å². The van der Waals surface area contributed by atoms with E-state index in [0.717, 1.165) is 17.8 Å². The van der Waals surface area contributed by atoms with Crippen molar-refractivity contribution in [1.29, 1.82) is 0 Å². The van der Waals surface area contributed by atoms with Crippen LogP contribution in [0.3, 0.4) is 0 Å². The van der Waals surface area contributed by atoms with Crippen LogP contribution in [0.2, 0.25) is 0 Å². The van der Waals surface area contributed by atoms with Gasteiger partial charge in [-0.3, -0.25) is 0 Å². The molecule has 90 valence electrons. The molecule has 0 fully saturated rings. The van der Waals surface area contributed by atoms with Gasteiger partial charge in [0.1, 0.15) is 5.82 Å². The minimum Gasteiger partial charge on any atom is -0.368 e. The minimum absolute atomic E-state index is 0.101. The lowest BCUT2D eigenvalue weighted by atomic mass is 9.89. The van der Waals surface area contributed by atoms with E-state index in [-0.39, 0.29) is 17.3 Å². The summed E-state index contributed by atoms with van der Waals surface area (Å²) in [5, 5.41) is 18.9. The normalized spacial score (nSPS) is 33.9. The number of hydrogen-bond donors (Lipinski definition) is 2. The van der Waals surface area contributed by atoms with E-state index < -0.39 is 6.29 Å². The fourth-order valence-corrected chi connectivity index (χ4v) is 2.95. The predicted molar refractivity (Wildman–Crippen MR) is 63.3 cm³/mol. The quantitative estimate of drug-likeness (QED) is 0.561. The van der Waals surface area contributed by atoms with E-state index in [1.165, 1.54) is 0 Å². The van der Waals surface area contributed by atoms with Crippen LogP contribution in [0.4, 0.5) is 0 Å². The maximum absolute atomic E-state index is 9.50. The summed E-state index contributed by atoms with van der Waals surface area (Å²) < 4.78 is 0. The lowest BCUT2D eigenvalue weighted by molar-refractivity contribution is -0.0851. The third kappa shape index (κ3) is 1.75. The molecule has 5 heteroatoms. The zero-order valence-corrected chi connectivity index (χ0v) is 10.2. The van der Waals surface area contributed by atoms with Crippen LogP contribution < -0.4 is 0 Å². The molecule has 0 aromatic rings. The Bertz CT molecular complexity index is 341. The number of nitrogens with zero attached hydrogens (tertiary/aromatic N) is 2. The van der Waals surface area contributed by atoms with E-state index in [9.17, 15) is 10.2 Å². The Hall–Kier alpha value is -0.580. The fraction of sp³-hybridized carbons (Fsp3) is 0.727. The second-order valence-corrected chi connectivity index (χ2v) is 4.93. The molecule has 2 aliphatic heterocycles. The van der Waals surface area contributed by atoms with Gasteiger partial charge in [-0.2, -0.15) is 0 Å². The Balaban J connectivity index is 2.35. The summed E-state index contributed by atoms with van der Waals surface area (Å²) in [4.78, 5) is 6.34. The van der Waals surface area contributed by atoms with E-state index in [1.807, 2.05) is 18.9 Å². The molecule has 0 aliphatic carbocycles. The maximum atomic E-state index is 9.50. The lowest BCUT2D eigenvalue weighted by Gasteiger charge is -2.27. The molecule has 2 N–H and O–H groups in total. The van der Waals surface area contributed by atoms with Crippen molar-refractivity contribution in [2.75, 3.05) is 7.05 Å². The Labute approximate surface area is 100 Å². The van der Waals surface area contributed by atoms with E-state index in [2.05, 4.69) is 4.99 Å². The van der Waals surface area contributed by atoms with Crippen LogP contribution in [0, 0.1) is 5.92 Å². The van der Waals surface area contributed by atoms with Crippen LogP contribution in [-0.2, 0) is 0 Å². The standard InChI is InChI=1S/C11H17ClN2O2/c1-3-8-9(11(15)16)7-4-6(12)5-13-10(7)14(8)2/h5-6,8-9,11,15-16H,3-4H2,1-2H3. The third-order valence-electron chi connectivity index (χ3n) is 3.45. The molecule has 0 aromatic heterocycles. The van der Waals surface area contributed by atoms with Gasteiger partial charge in [0.05, 0.1) is 11.3 Å². The molecular weight excluding hydrogens is 228 g/mol. The van der Waals surface area contributed by atoms with E-state index >= 15 is 0 Å². The van der Waals surface area contributed by atoms with Crippen molar-refractivity contribution in [3.63, 3.8) is 0 Å². The topological polar surface area (TPSA) is 56.1 Å². The van der Waals surface area contributed by atoms with Crippen molar-refractivity contribution >= 4 is 17.8 Å². The van der Waals surface area contributed by atoms with E-state index in [4.69, 9.17) is 11.6 Å². The highest BCUT2D eigenvalue weighted by molar-refractivity contribution is 6.28. The zero-order chi connectivity index (χ0) is 11.9. The van der Waals surface area contributed by atoms with Crippen LogP contribution >= 0.6 is 11.6 Å². The number of aliphatic hydroxyl groups excluding tert-OH is 1. The molecule has 3 atom stereocenters. The van der Waals surface area contributed by atoms with Gasteiger partial charge in [-0.25, -0.2) is 4.99 Å². The average molecular weight is 245 g/mol. The largest absolute Gasteiger partial charge is 0.368 e. The predicted octanol–water partition coefficient (Wildman–Crippen LogP) is 0.931. The zero-order valence-electron chi connectivity index (χ0n) is 9.47. The Morgan fingerprint density at radius 1 is 1.62 bits per heavy atom. The smallest absolute Gasteiger partial charge is 0.160 e. The first kappa shape index (κ1) is 11.9. The molecule has 0 amide bonds. The van der Waals surface area contributed by atoms with Gasteiger partial charge in [0, 0.05) is 19.3 Å². The summed E-state index contributed by atoms with van der Waals surface area (Å²) >= 11 is 6.03. The maximum Gasteiger partial charge on any atom is 0.160 e. The molecular formula is C11H17ClN2O2. The van der Waals surface area contributed by atoms with Crippen LogP contribution in [0.5, 0.6) is 0 Å². The van der Waals surface area contributed by atoms with Crippen LogP contribution in [0.1, 0.15) is 19.8 Å². The summed E-state index contributed by atoms with van der Waals surface area (Å²) in [6, 6.07) is 0.101. The third-order valence-corrected chi connectivity index (χ3v) is 3.72. The monoisotopic (exact) mass is 244 g/mol. The summed E-state index contributed by atoms with van der Waals surface area (Å²) in [5.74, 6) is 0.602. The Morgan fingerprint density at radius 2 is 2.31 bits per heavy atom. The fourth-order valence-electron chi connectivity index (χ4n) is 2.73. The molecule has 0 spiro atoms. The Kier molecular flexibility index (Phi) is 3.24. The summed E-state index contributed by atoms with van der Waals surface area (Å²) in [7, 11) is 1.94. The highest BCUT2D eigenvalue weighted by Gasteiger charge is 2.42. The van der Waals surface area contributed by atoms with Gasteiger partial charge in [-0.15, -0.1) is 11.6 Å². The lowest BCUT2D eigenvalue weighted by Crippen LogP contribution is -2.36. The molecule has 2 rings (SSSR count). The number of hydrogen-bond acceptors (Lipinski definition) is 4. The van der Waals surface area contributed by atoms with Gasteiger partial charge in [-0.05, 0) is 18.4 Å². The second-order valence-electron chi connectivity index (χ2n) is 4.37. The van der Waals surface area contributed by atoms with Crippen molar-refractivity contribution in [1.82, 2.24) is 4.90 Å². The molecule has 16 heavy (non-hydrogen) atoms. The molecule has 0 saturated heterocycles. The Morgan fingerprint density at radius 3 is 2.88 bits per heavy atom. The van der Waals surface area contributed by atoms with E-state index in [1.54, 1.807) is 6.21 Å². The number of rotatable bonds is 2. The van der Waals surface area contributed by atoms with Gasteiger partial charge in [0.15, 0.2) is 6.29 Å². The van der Waals surface area contributed by atoms with Gasteiger partial charge in [-0.1, -0.05) is 6.92 Å². The molecule has 0 bridgehead atoms. The van der Waals surface area contributed by atoms with Crippen molar-refractivity contribution in [3.05, 3.63) is 11.4 Å². The van der Waals surface area contributed by atoms with Gasteiger partial charge >= 0.3 is 0 Å². The minimum atomic E-state index is -1.34. The summed E-state index contributed by atoms with van der Waals surface area (Å²) in [6.07, 6.45) is 1.89. The summed E-state index contributed by atoms with van der Waals surface area (Å²) in [5.41, 5.74) is 0.979. The van der Waals surface area contributed by atoms with Gasteiger partial charge in [0.2, 0.25) is 0 Å². The van der Waals surface area contributed by atoms with E-state index in [0.29, 0.717) is 6.42 Å². The molecule has 4 nitrogen and oxygen atoms in total. The van der Waals surface area contributed by atoms with Crippen molar-refractivity contribution < 1.29 is 10.2 Å². The number of halogens is 1. The van der Waals surface area contributed by atoms with Crippen LogP contribution in [-0.4, -0.2) is 46.1 Å². The molecule has 2 heterocycles. The van der Waals surface area contributed by atoms with Crippen LogP contribution in [0.15, 0.2) is 16.4 Å². The first-order valence-corrected chi connectivity index (χ1v) is 6.00.